The first kappa shape index (κ1) is 15.3. The van der Waals surface area contributed by atoms with E-state index in [0.717, 1.165) is 17.0 Å². The summed E-state index contributed by atoms with van der Waals surface area (Å²) in [6, 6.07) is 10.3. The molecule has 2 rings (SSSR count). The first-order valence-electron chi connectivity index (χ1n) is 6.38. The lowest BCUT2D eigenvalue weighted by Gasteiger charge is -2.19. The second kappa shape index (κ2) is 6.58. The van der Waals surface area contributed by atoms with Gasteiger partial charge in [-0.3, -0.25) is 4.79 Å². The molecular formula is C15H14BrNO4. The van der Waals surface area contributed by atoms with Gasteiger partial charge in [0.15, 0.2) is 10.4 Å². The lowest BCUT2D eigenvalue weighted by molar-refractivity contribution is -0.141. The zero-order chi connectivity index (χ0) is 15.4. The first-order valence-corrected chi connectivity index (χ1v) is 7.18. The maximum atomic E-state index is 12.4. The van der Waals surface area contributed by atoms with Gasteiger partial charge in [0.2, 0.25) is 0 Å². The molecule has 110 valence electrons. The summed E-state index contributed by atoms with van der Waals surface area (Å²) in [7, 11) is 0. The number of furan rings is 1. The van der Waals surface area contributed by atoms with Crippen molar-refractivity contribution < 1.29 is 18.8 Å². The number of hydrogen-bond acceptors (Lipinski definition) is 4. The Bertz CT molecular complexity index is 648. The molecule has 21 heavy (non-hydrogen) atoms. The van der Waals surface area contributed by atoms with Gasteiger partial charge in [0.1, 0.15) is 0 Å². The molecule has 0 fully saturated rings. The van der Waals surface area contributed by atoms with Gasteiger partial charge in [0.05, 0.1) is 5.69 Å². The molecule has 0 aliphatic rings. The molecule has 5 nitrogen and oxygen atoms in total. The summed E-state index contributed by atoms with van der Waals surface area (Å²) in [5, 5.41) is 0.924. The fourth-order valence-corrected chi connectivity index (χ4v) is 2.04. The normalized spacial score (nSPS) is 10.2. The fraction of sp³-hybridized carbons (Fsp3) is 0.200. The lowest BCUT2D eigenvalue weighted by Crippen LogP contribution is -2.32. The molecule has 0 saturated carbocycles. The van der Waals surface area contributed by atoms with Gasteiger partial charge in [-0.15, -0.1) is 5.06 Å². The number of amides is 1. The van der Waals surface area contributed by atoms with Crippen molar-refractivity contribution in [2.24, 2.45) is 0 Å². The van der Waals surface area contributed by atoms with Gasteiger partial charge in [-0.2, -0.15) is 0 Å². The van der Waals surface area contributed by atoms with E-state index in [0.29, 0.717) is 10.4 Å². The van der Waals surface area contributed by atoms with Gasteiger partial charge < -0.3 is 9.25 Å². The molecule has 6 heteroatoms. The quantitative estimate of drug-likeness (QED) is 0.790. The number of anilines is 1. The molecule has 0 spiro atoms. The van der Waals surface area contributed by atoms with Crippen molar-refractivity contribution in [1.29, 1.82) is 0 Å². The average Bonchev–Trinajstić information content (AvgIpc) is 2.90. The molecule has 1 heterocycles. The zero-order valence-corrected chi connectivity index (χ0v) is 13.2. The highest BCUT2D eigenvalue weighted by Gasteiger charge is 2.24. The molecule has 0 aliphatic heterocycles. The van der Waals surface area contributed by atoms with Crippen LogP contribution in [0.3, 0.4) is 0 Å². The van der Waals surface area contributed by atoms with Crippen LogP contribution in [0.2, 0.25) is 0 Å². The second-order valence-corrected chi connectivity index (χ2v) is 5.09. The van der Waals surface area contributed by atoms with Crippen molar-refractivity contribution in [2.45, 2.75) is 20.3 Å². The van der Waals surface area contributed by atoms with Crippen LogP contribution < -0.4 is 5.06 Å². The highest BCUT2D eigenvalue weighted by Crippen LogP contribution is 2.21. The Morgan fingerprint density at radius 1 is 1.19 bits per heavy atom. The van der Waals surface area contributed by atoms with E-state index in [1.807, 2.05) is 19.1 Å². The Hall–Kier alpha value is -2.08. The minimum Gasteiger partial charge on any atom is -0.444 e. The van der Waals surface area contributed by atoms with Crippen molar-refractivity contribution in [1.82, 2.24) is 0 Å². The van der Waals surface area contributed by atoms with Crippen molar-refractivity contribution in [2.75, 3.05) is 5.06 Å². The van der Waals surface area contributed by atoms with Gasteiger partial charge in [0, 0.05) is 6.92 Å². The predicted molar refractivity (Wildman–Crippen MR) is 80.8 cm³/mol. The summed E-state index contributed by atoms with van der Waals surface area (Å²) in [6.45, 7) is 3.27. The Labute approximate surface area is 130 Å². The van der Waals surface area contributed by atoms with Gasteiger partial charge >= 0.3 is 11.9 Å². The van der Waals surface area contributed by atoms with E-state index in [2.05, 4.69) is 15.9 Å². The number of rotatable bonds is 3. The van der Waals surface area contributed by atoms with Crippen molar-refractivity contribution >= 4 is 33.5 Å². The highest BCUT2D eigenvalue weighted by atomic mass is 79.9. The van der Waals surface area contributed by atoms with Crippen LogP contribution in [-0.2, 0) is 16.1 Å². The summed E-state index contributed by atoms with van der Waals surface area (Å²) in [6.07, 6.45) is 0.882. The van der Waals surface area contributed by atoms with Crippen LogP contribution in [0.25, 0.3) is 0 Å². The molecule has 0 saturated heterocycles. The zero-order valence-electron chi connectivity index (χ0n) is 11.6. The van der Waals surface area contributed by atoms with E-state index in [1.165, 1.54) is 13.0 Å². The van der Waals surface area contributed by atoms with E-state index in [4.69, 9.17) is 9.25 Å². The number of carbonyl (C=O) groups is 2. The number of halogens is 1. The number of benzene rings is 1. The molecule has 0 N–H and O–H groups in total. The fourth-order valence-electron chi connectivity index (χ4n) is 1.74. The number of nitrogens with zero attached hydrogens (tertiary/aromatic N) is 1. The van der Waals surface area contributed by atoms with Gasteiger partial charge in [-0.25, -0.2) is 4.79 Å². The molecule has 0 atom stereocenters. The van der Waals surface area contributed by atoms with Crippen LogP contribution in [0, 0.1) is 0 Å². The smallest absolute Gasteiger partial charge is 0.330 e. The van der Waals surface area contributed by atoms with E-state index < -0.39 is 11.9 Å². The summed E-state index contributed by atoms with van der Waals surface area (Å²) in [5.74, 6) is -1.07. The Morgan fingerprint density at radius 3 is 2.33 bits per heavy atom. The van der Waals surface area contributed by atoms with Gasteiger partial charge in [-0.05, 0) is 52.2 Å². The Morgan fingerprint density at radius 2 is 1.86 bits per heavy atom. The molecule has 0 bridgehead atoms. The number of carbonyl (C=O) groups excluding carboxylic acids is 2. The summed E-state index contributed by atoms with van der Waals surface area (Å²) >= 11 is 3.13. The second-order valence-electron chi connectivity index (χ2n) is 4.31. The molecule has 0 radical (unpaired) electrons. The van der Waals surface area contributed by atoms with Crippen LogP contribution in [-0.4, -0.2) is 11.9 Å². The minimum absolute atomic E-state index is 0.0719. The predicted octanol–water partition coefficient (Wildman–Crippen LogP) is 3.73. The van der Waals surface area contributed by atoms with E-state index in [9.17, 15) is 9.59 Å². The van der Waals surface area contributed by atoms with Crippen LogP contribution in [0.1, 0.15) is 30.0 Å². The van der Waals surface area contributed by atoms with Crippen molar-refractivity contribution in [3.05, 3.63) is 52.4 Å². The average molecular weight is 352 g/mol. The standard InChI is InChI=1S/C15H14BrNO4/c1-3-11-4-6-12(7-5-11)17(21-10(2)18)15(19)13-8-9-14(16)20-13/h4-9H,3H2,1-2H3. The van der Waals surface area contributed by atoms with Crippen LogP contribution in [0.15, 0.2) is 45.5 Å². The highest BCUT2D eigenvalue weighted by molar-refractivity contribution is 9.10. The third kappa shape index (κ3) is 3.72. The molecule has 1 aromatic heterocycles. The number of hydroxylamine groups is 1. The number of hydrogen-bond donors (Lipinski definition) is 0. The maximum Gasteiger partial charge on any atom is 0.330 e. The van der Waals surface area contributed by atoms with Gasteiger partial charge in [0.25, 0.3) is 0 Å². The van der Waals surface area contributed by atoms with Crippen LogP contribution in [0.5, 0.6) is 0 Å². The largest absolute Gasteiger partial charge is 0.444 e. The first-order chi connectivity index (χ1) is 10.0. The minimum atomic E-state index is -0.589. The van der Waals surface area contributed by atoms with Crippen LogP contribution in [0.4, 0.5) is 5.69 Å². The summed E-state index contributed by atoms with van der Waals surface area (Å²) in [4.78, 5) is 28.6. The summed E-state index contributed by atoms with van der Waals surface area (Å²) in [5.41, 5.74) is 1.58. The molecule has 0 unspecified atom stereocenters. The molecule has 1 amide bonds. The van der Waals surface area contributed by atoms with E-state index in [1.54, 1.807) is 18.2 Å². The third-order valence-electron chi connectivity index (χ3n) is 2.77. The number of aryl methyl sites for hydroxylation is 1. The molecule has 0 aliphatic carbocycles. The molecule has 1 aromatic carbocycles. The van der Waals surface area contributed by atoms with Crippen LogP contribution >= 0.6 is 15.9 Å². The lowest BCUT2D eigenvalue weighted by atomic mass is 10.1. The Balaban J connectivity index is 2.32. The maximum absolute atomic E-state index is 12.4. The monoisotopic (exact) mass is 351 g/mol. The van der Waals surface area contributed by atoms with E-state index >= 15 is 0 Å². The SMILES string of the molecule is CCc1ccc(N(OC(C)=O)C(=O)c2ccc(Br)o2)cc1. The third-order valence-corrected chi connectivity index (χ3v) is 3.19. The van der Waals surface area contributed by atoms with Crippen molar-refractivity contribution in [3.63, 3.8) is 0 Å². The Kier molecular flexibility index (Phi) is 4.80. The van der Waals surface area contributed by atoms with Gasteiger partial charge in [-0.1, -0.05) is 19.1 Å². The summed E-state index contributed by atoms with van der Waals surface area (Å²) < 4.78 is 5.63. The molecule has 2 aromatic rings. The molecular weight excluding hydrogens is 338 g/mol. The van der Waals surface area contributed by atoms with E-state index in [-0.39, 0.29) is 5.76 Å². The van der Waals surface area contributed by atoms with Crippen molar-refractivity contribution in [3.8, 4) is 0 Å². The topological polar surface area (TPSA) is 59.8 Å².